The molecule has 1 aliphatic heterocycles. The van der Waals surface area contributed by atoms with Gasteiger partial charge in [-0.1, -0.05) is 37.3 Å². The summed E-state index contributed by atoms with van der Waals surface area (Å²) in [4.78, 5) is 14.4. The Kier molecular flexibility index (Phi) is 4.29. The Hall–Kier alpha value is -1.19. The molecule has 17 heavy (non-hydrogen) atoms. The van der Waals surface area contributed by atoms with Crippen molar-refractivity contribution in [2.24, 2.45) is 0 Å². The second-order valence-electron chi connectivity index (χ2n) is 4.28. The summed E-state index contributed by atoms with van der Waals surface area (Å²) in [7, 11) is 0. The molecule has 1 saturated heterocycles. The monoisotopic (exact) mass is 233 g/mol. The zero-order chi connectivity index (χ0) is 12.1. The van der Waals surface area contributed by atoms with Crippen LogP contribution in [0.4, 0.5) is 0 Å². The van der Waals surface area contributed by atoms with Gasteiger partial charge in [0.25, 0.3) is 0 Å². The van der Waals surface area contributed by atoms with Gasteiger partial charge in [0, 0.05) is 19.5 Å². The normalized spacial score (nSPS) is 18.9. The molecule has 0 N–H and O–H groups in total. The molecule has 0 spiro atoms. The predicted octanol–water partition coefficient (Wildman–Crippen LogP) is 2.04. The maximum atomic E-state index is 12.1. The highest BCUT2D eigenvalue weighted by molar-refractivity contribution is 5.85. The first-order valence-electron chi connectivity index (χ1n) is 6.22. The number of Topliss-reactive ketones (excluding diaryl/α,β-unsaturated/α-hetero) is 1. The van der Waals surface area contributed by atoms with Crippen LogP contribution in [0.25, 0.3) is 0 Å². The maximum Gasteiger partial charge on any atom is 0.154 e. The zero-order valence-electron chi connectivity index (χ0n) is 10.3. The second kappa shape index (κ2) is 5.94. The van der Waals surface area contributed by atoms with Crippen molar-refractivity contribution in [3.05, 3.63) is 35.9 Å². The number of hydrogen-bond acceptors (Lipinski definition) is 3. The summed E-state index contributed by atoms with van der Waals surface area (Å²) in [5.41, 5.74) is 1.10. The van der Waals surface area contributed by atoms with E-state index in [1.165, 1.54) is 0 Å². The lowest BCUT2D eigenvalue weighted by Crippen LogP contribution is -2.42. The van der Waals surface area contributed by atoms with Crippen LogP contribution in [-0.2, 0) is 9.53 Å². The Morgan fingerprint density at radius 1 is 1.29 bits per heavy atom. The molecule has 0 amide bonds. The quantitative estimate of drug-likeness (QED) is 0.797. The molecule has 1 aliphatic rings. The minimum absolute atomic E-state index is 0.0925. The summed E-state index contributed by atoms with van der Waals surface area (Å²) < 4.78 is 5.35. The van der Waals surface area contributed by atoms with Crippen LogP contribution >= 0.6 is 0 Å². The molecule has 2 rings (SSSR count). The Labute approximate surface area is 102 Å². The first-order valence-corrected chi connectivity index (χ1v) is 6.22. The van der Waals surface area contributed by atoms with Gasteiger partial charge in [0.05, 0.1) is 19.3 Å². The topological polar surface area (TPSA) is 29.5 Å². The van der Waals surface area contributed by atoms with Crippen LogP contribution in [0, 0.1) is 0 Å². The largest absolute Gasteiger partial charge is 0.379 e. The molecule has 92 valence electrons. The van der Waals surface area contributed by atoms with Gasteiger partial charge in [-0.3, -0.25) is 9.69 Å². The third-order valence-corrected chi connectivity index (χ3v) is 3.18. The van der Waals surface area contributed by atoms with Crippen molar-refractivity contribution in [3.8, 4) is 0 Å². The molecule has 3 nitrogen and oxygen atoms in total. The number of carbonyl (C=O) groups is 1. The number of hydrogen-bond donors (Lipinski definition) is 0. The fraction of sp³-hybridized carbons (Fsp3) is 0.500. The lowest BCUT2D eigenvalue weighted by Gasteiger charge is -2.33. The molecule has 1 aromatic carbocycles. The standard InChI is InChI=1S/C14H19NO2/c1-2-13(16)14(12-6-4-3-5-7-12)15-8-10-17-11-9-15/h3-7,14H,2,8-11H2,1H3/t14-/m1/s1. The highest BCUT2D eigenvalue weighted by Crippen LogP contribution is 2.23. The van der Waals surface area contributed by atoms with E-state index in [2.05, 4.69) is 4.90 Å². The molecule has 0 aromatic heterocycles. The summed E-state index contributed by atoms with van der Waals surface area (Å²) >= 11 is 0. The van der Waals surface area contributed by atoms with E-state index >= 15 is 0 Å². The van der Waals surface area contributed by atoms with Crippen LogP contribution in [0.2, 0.25) is 0 Å². The summed E-state index contributed by atoms with van der Waals surface area (Å²) in [6, 6.07) is 9.94. The SMILES string of the molecule is CCC(=O)[C@@H](c1ccccc1)N1CCOCC1. The molecule has 1 aromatic rings. The third kappa shape index (κ3) is 2.93. The lowest BCUT2D eigenvalue weighted by atomic mass is 9.99. The van der Waals surface area contributed by atoms with Gasteiger partial charge in [-0.25, -0.2) is 0 Å². The highest BCUT2D eigenvalue weighted by atomic mass is 16.5. The van der Waals surface area contributed by atoms with Gasteiger partial charge >= 0.3 is 0 Å². The molecular weight excluding hydrogens is 214 g/mol. The number of benzene rings is 1. The fourth-order valence-electron chi connectivity index (χ4n) is 2.26. The smallest absolute Gasteiger partial charge is 0.154 e. The van der Waals surface area contributed by atoms with Crippen molar-refractivity contribution in [3.63, 3.8) is 0 Å². The predicted molar refractivity (Wildman–Crippen MR) is 66.9 cm³/mol. The van der Waals surface area contributed by atoms with E-state index in [-0.39, 0.29) is 11.8 Å². The van der Waals surface area contributed by atoms with E-state index in [1.807, 2.05) is 37.3 Å². The van der Waals surface area contributed by atoms with Gasteiger partial charge < -0.3 is 4.74 Å². The Balaban J connectivity index is 2.21. The molecule has 1 heterocycles. The van der Waals surface area contributed by atoms with Gasteiger partial charge in [-0.15, -0.1) is 0 Å². The Morgan fingerprint density at radius 3 is 2.53 bits per heavy atom. The van der Waals surface area contributed by atoms with Gasteiger partial charge in [-0.05, 0) is 5.56 Å². The molecule has 0 aliphatic carbocycles. The molecule has 3 heteroatoms. The van der Waals surface area contributed by atoms with Gasteiger partial charge in [0.1, 0.15) is 0 Å². The molecule has 1 fully saturated rings. The lowest BCUT2D eigenvalue weighted by molar-refractivity contribution is -0.126. The molecule has 0 saturated carbocycles. The van der Waals surface area contributed by atoms with Gasteiger partial charge in [0.15, 0.2) is 5.78 Å². The third-order valence-electron chi connectivity index (χ3n) is 3.18. The number of ether oxygens (including phenoxy) is 1. The summed E-state index contributed by atoms with van der Waals surface area (Å²) in [6.07, 6.45) is 0.580. The number of nitrogens with zero attached hydrogens (tertiary/aromatic N) is 1. The van der Waals surface area contributed by atoms with E-state index in [1.54, 1.807) is 0 Å². The molecule has 1 atom stereocenters. The van der Waals surface area contributed by atoms with Crippen molar-refractivity contribution >= 4 is 5.78 Å². The van der Waals surface area contributed by atoms with Crippen molar-refractivity contribution in [1.82, 2.24) is 4.90 Å². The minimum Gasteiger partial charge on any atom is -0.379 e. The average Bonchev–Trinajstić information content (AvgIpc) is 2.41. The van der Waals surface area contributed by atoms with Crippen LogP contribution in [-0.4, -0.2) is 37.0 Å². The number of rotatable bonds is 4. The van der Waals surface area contributed by atoms with E-state index < -0.39 is 0 Å². The van der Waals surface area contributed by atoms with E-state index in [4.69, 9.17) is 4.74 Å². The number of carbonyl (C=O) groups excluding carboxylic acids is 1. The fourth-order valence-corrected chi connectivity index (χ4v) is 2.26. The van der Waals surface area contributed by atoms with Crippen LogP contribution in [0.5, 0.6) is 0 Å². The number of morpholine rings is 1. The molecule has 0 unspecified atom stereocenters. The van der Waals surface area contributed by atoms with Crippen molar-refractivity contribution in [2.45, 2.75) is 19.4 Å². The Bertz CT molecular complexity index is 358. The highest BCUT2D eigenvalue weighted by Gasteiger charge is 2.27. The van der Waals surface area contributed by atoms with E-state index in [0.29, 0.717) is 6.42 Å². The van der Waals surface area contributed by atoms with Gasteiger partial charge in [-0.2, -0.15) is 0 Å². The second-order valence-corrected chi connectivity index (χ2v) is 4.28. The van der Waals surface area contributed by atoms with Crippen LogP contribution in [0.3, 0.4) is 0 Å². The molecular formula is C14H19NO2. The first kappa shape index (κ1) is 12.3. The summed E-state index contributed by atoms with van der Waals surface area (Å²) in [6.45, 7) is 5.05. The van der Waals surface area contributed by atoms with Crippen molar-refractivity contribution < 1.29 is 9.53 Å². The van der Waals surface area contributed by atoms with Crippen LogP contribution in [0.1, 0.15) is 24.9 Å². The van der Waals surface area contributed by atoms with Crippen LogP contribution in [0.15, 0.2) is 30.3 Å². The maximum absolute atomic E-state index is 12.1. The van der Waals surface area contributed by atoms with Crippen LogP contribution < -0.4 is 0 Å². The first-order chi connectivity index (χ1) is 8.33. The minimum atomic E-state index is -0.0925. The molecule has 0 radical (unpaired) electrons. The Morgan fingerprint density at radius 2 is 1.94 bits per heavy atom. The van der Waals surface area contributed by atoms with E-state index in [9.17, 15) is 4.79 Å². The van der Waals surface area contributed by atoms with E-state index in [0.717, 1.165) is 31.9 Å². The average molecular weight is 233 g/mol. The number of ketones is 1. The van der Waals surface area contributed by atoms with Gasteiger partial charge in [0.2, 0.25) is 0 Å². The zero-order valence-corrected chi connectivity index (χ0v) is 10.3. The van der Waals surface area contributed by atoms with Crippen molar-refractivity contribution in [1.29, 1.82) is 0 Å². The summed E-state index contributed by atoms with van der Waals surface area (Å²) in [5.74, 6) is 0.290. The van der Waals surface area contributed by atoms with Crippen molar-refractivity contribution in [2.75, 3.05) is 26.3 Å². The summed E-state index contributed by atoms with van der Waals surface area (Å²) in [5, 5.41) is 0. The molecule has 0 bridgehead atoms.